The maximum absolute atomic E-state index is 11.8. The van der Waals surface area contributed by atoms with Gasteiger partial charge in [0, 0.05) is 12.1 Å². The number of carbonyl (C=O) groups excluding carboxylic acids is 1. The molecule has 17 heavy (non-hydrogen) atoms. The van der Waals surface area contributed by atoms with E-state index in [0.717, 1.165) is 6.42 Å². The third kappa shape index (κ3) is 3.19. The van der Waals surface area contributed by atoms with Crippen LogP contribution >= 0.6 is 0 Å². The number of carbonyl (C=O) groups is 1. The minimum Gasteiger partial charge on any atom is -0.468 e. The third-order valence-corrected chi connectivity index (χ3v) is 4.24. The van der Waals surface area contributed by atoms with Crippen LogP contribution < -0.4 is 5.32 Å². The van der Waals surface area contributed by atoms with E-state index in [2.05, 4.69) is 24.2 Å². The maximum atomic E-state index is 11.8. The molecule has 0 aromatic carbocycles. The zero-order chi connectivity index (χ0) is 13.1. The fourth-order valence-electron chi connectivity index (χ4n) is 2.40. The Morgan fingerprint density at radius 2 is 2.18 bits per heavy atom. The van der Waals surface area contributed by atoms with Gasteiger partial charge >= 0.3 is 5.97 Å². The van der Waals surface area contributed by atoms with Gasteiger partial charge in [-0.2, -0.15) is 0 Å². The summed E-state index contributed by atoms with van der Waals surface area (Å²) in [6.45, 7) is 4.08. The number of methoxy groups -OCH3 is 1. The molecule has 0 amide bonds. The standard InChI is InChI=1S/C13H26N2O2/c1-10(15(4)11-7-6-8-11)9-13(2,14-3)12(16)17-5/h10-11,14H,6-9H2,1-5H3. The van der Waals surface area contributed by atoms with Gasteiger partial charge in [0.1, 0.15) is 5.54 Å². The smallest absolute Gasteiger partial charge is 0.325 e. The number of hydrogen-bond donors (Lipinski definition) is 1. The predicted molar refractivity (Wildman–Crippen MR) is 69.0 cm³/mol. The summed E-state index contributed by atoms with van der Waals surface area (Å²) in [6.07, 6.45) is 4.68. The first-order chi connectivity index (χ1) is 7.94. The van der Waals surface area contributed by atoms with Crippen LogP contribution in [0.4, 0.5) is 0 Å². The van der Waals surface area contributed by atoms with Crippen LogP contribution in [0.15, 0.2) is 0 Å². The summed E-state index contributed by atoms with van der Waals surface area (Å²) < 4.78 is 4.87. The highest BCUT2D eigenvalue weighted by atomic mass is 16.5. The minimum absolute atomic E-state index is 0.186. The van der Waals surface area contributed by atoms with Crippen molar-refractivity contribution in [3.63, 3.8) is 0 Å². The number of esters is 1. The van der Waals surface area contributed by atoms with Gasteiger partial charge in [0.25, 0.3) is 0 Å². The monoisotopic (exact) mass is 242 g/mol. The van der Waals surface area contributed by atoms with E-state index in [1.807, 2.05) is 14.0 Å². The fraction of sp³-hybridized carbons (Fsp3) is 0.923. The topological polar surface area (TPSA) is 41.6 Å². The minimum atomic E-state index is -0.591. The third-order valence-electron chi connectivity index (χ3n) is 4.24. The molecule has 0 spiro atoms. The molecule has 2 atom stereocenters. The summed E-state index contributed by atoms with van der Waals surface area (Å²) in [5.41, 5.74) is -0.591. The number of rotatable bonds is 6. The van der Waals surface area contributed by atoms with E-state index in [1.165, 1.54) is 26.4 Å². The Morgan fingerprint density at radius 3 is 2.53 bits per heavy atom. The molecule has 1 aliphatic carbocycles. The van der Waals surface area contributed by atoms with Crippen molar-refractivity contribution < 1.29 is 9.53 Å². The summed E-state index contributed by atoms with van der Waals surface area (Å²) in [5.74, 6) is -0.186. The molecule has 1 saturated carbocycles. The number of ether oxygens (including phenoxy) is 1. The molecular weight excluding hydrogens is 216 g/mol. The lowest BCUT2D eigenvalue weighted by Crippen LogP contribution is -2.54. The van der Waals surface area contributed by atoms with Crippen molar-refractivity contribution in [3.8, 4) is 0 Å². The molecule has 0 aromatic heterocycles. The van der Waals surface area contributed by atoms with Crippen LogP contribution in [0.3, 0.4) is 0 Å². The number of nitrogens with one attached hydrogen (secondary N) is 1. The summed E-state index contributed by atoms with van der Waals surface area (Å²) in [7, 11) is 5.41. The number of hydrogen-bond acceptors (Lipinski definition) is 4. The molecule has 0 radical (unpaired) electrons. The van der Waals surface area contributed by atoms with Crippen LogP contribution in [-0.2, 0) is 9.53 Å². The zero-order valence-electron chi connectivity index (χ0n) is 11.7. The summed E-state index contributed by atoms with van der Waals surface area (Å²) in [5, 5.41) is 3.09. The highest BCUT2D eigenvalue weighted by Crippen LogP contribution is 2.27. The molecule has 4 heteroatoms. The normalized spacial score (nSPS) is 21.8. The van der Waals surface area contributed by atoms with Gasteiger partial charge in [0.2, 0.25) is 0 Å². The summed E-state index contributed by atoms with van der Waals surface area (Å²) in [6, 6.07) is 1.07. The Morgan fingerprint density at radius 1 is 1.59 bits per heavy atom. The molecule has 0 saturated heterocycles. The second-order valence-electron chi connectivity index (χ2n) is 5.38. The number of nitrogens with zero attached hydrogens (tertiary/aromatic N) is 1. The number of likely N-dealkylation sites (N-methyl/N-ethyl adjacent to an activating group) is 1. The van der Waals surface area contributed by atoms with Crippen LogP contribution in [0.1, 0.15) is 39.5 Å². The molecule has 2 unspecified atom stereocenters. The van der Waals surface area contributed by atoms with Crippen molar-refractivity contribution in [1.29, 1.82) is 0 Å². The highest BCUT2D eigenvalue weighted by molar-refractivity contribution is 5.80. The van der Waals surface area contributed by atoms with Crippen molar-refractivity contribution in [2.75, 3.05) is 21.2 Å². The van der Waals surface area contributed by atoms with Crippen LogP contribution in [-0.4, -0.2) is 49.7 Å². The molecule has 1 rings (SSSR count). The van der Waals surface area contributed by atoms with Gasteiger partial charge in [-0.1, -0.05) is 6.42 Å². The molecular formula is C13H26N2O2. The first-order valence-corrected chi connectivity index (χ1v) is 6.44. The molecule has 4 nitrogen and oxygen atoms in total. The van der Waals surface area contributed by atoms with Gasteiger partial charge in [0.05, 0.1) is 7.11 Å². The molecule has 1 aliphatic rings. The molecule has 0 aliphatic heterocycles. The lowest BCUT2D eigenvalue weighted by molar-refractivity contribution is -0.148. The van der Waals surface area contributed by atoms with Gasteiger partial charge in [-0.3, -0.25) is 4.79 Å². The Bertz CT molecular complexity index is 266. The van der Waals surface area contributed by atoms with E-state index in [0.29, 0.717) is 12.1 Å². The van der Waals surface area contributed by atoms with Crippen LogP contribution in [0.25, 0.3) is 0 Å². The second kappa shape index (κ2) is 5.83. The van der Waals surface area contributed by atoms with Crippen LogP contribution in [0, 0.1) is 0 Å². The van der Waals surface area contributed by atoms with Crippen molar-refractivity contribution >= 4 is 5.97 Å². The Hall–Kier alpha value is -0.610. The highest BCUT2D eigenvalue weighted by Gasteiger charge is 2.36. The van der Waals surface area contributed by atoms with Crippen molar-refractivity contribution in [2.24, 2.45) is 0 Å². The quantitative estimate of drug-likeness (QED) is 0.715. The molecule has 100 valence electrons. The summed E-state index contributed by atoms with van der Waals surface area (Å²) in [4.78, 5) is 14.2. The molecule has 0 bridgehead atoms. The van der Waals surface area contributed by atoms with Crippen LogP contribution in [0.5, 0.6) is 0 Å². The van der Waals surface area contributed by atoms with E-state index in [4.69, 9.17) is 4.74 Å². The summed E-state index contributed by atoms with van der Waals surface area (Å²) >= 11 is 0. The predicted octanol–water partition coefficient (Wildman–Crippen LogP) is 1.40. The SMILES string of the molecule is CNC(C)(CC(C)N(C)C1CCC1)C(=O)OC. The van der Waals surface area contributed by atoms with Gasteiger partial charge in [-0.25, -0.2) is 0 Å². The first-order valence-electron chi connectivity index (χ1n) is 6.44. The van der Waals surface area contributed by atoms with Crippen molar-refractivity contribution in [1.82, 2.24) is 10.2 Å². The maximum Gasteiger partial charge on any atom is 0.325 e. The lowest BCUT2D eigenvalue weighted by atomic mass is 9.88. The van der Waals surface area contributed by atoms with Crippen LogP contribution in [0.2, 0.25) is 0 Å². The molecule has 0 heterocycles. The Labute approximate surface area is 105 Å². The second-order valence-corrected chi connectivity index (χ2v) is 5.38. The average molecular weight is 242 g/mol. The largest absolute Gasteiger partial charge is 0.468 e. The Balaban J connectivity index is 2.57. The van der Waals surface area contributed by atoms with E-state index in [9.17, 15) is 4.79 Å². The van der Waals surface area contributed by atoms with E-state index in [1.54, 1.807) is 0 Å². The Kier molecular flexibility index (Phi) is 4.95. The van der Waals surface area contributed by atoms with Gasteiger partial charge in [-0.05, 0) is 47.2 Å². The fourth-order valence-corrected chi connectivity index (χ4v) is 2.40. The molecule has 1 fully saturated rings. The zero-order valence-corrected chi connectivity index (χ0v) is 11.7. The lowest BCUT2D eigenvalue weighted by Gasteiger charge is -2.41. The van der Waals surface area contributed by atoms with Crippen molar-refractivity contribution in [3.05, 3.63) is 0 Å². The average Bonchev–Trinajstić information content (AvgIpc) is 2.25. The first kappa shape index (κ1) is 14.5. The van der Waals surface area contributed by atoms with Gasteiger partial charge in [0.15, 0.2) is 0 Å². The van der Waals surface area contributed by atoms with Crippen molar-refractivity contribution in [2.45, 2.75) is 57.2 Å². The molecule has 1 N–H and O–H groups in total. The van der Waals surface area contributed by atoms with E-state index >= 15 is 0 Å². The van der Waals surface area contributed by atoms with E-state index < -0.39 is 5.54 Å². The molecule has 0 aromatic rings. The van der Waals surface area contributed by atoms with Gasteiger partial charge in [-0.15, -0.1) is 0 Å². The van der Waals surface area contributed by atoms with Gasteiger partial charge < -0.3 is 15.0 Å². The van der Waals surface area contributed by atoms with E-state index in [-0.39, 0.29) is 5.97 Å².